The van der Waals surface area contributed by atoms with E-state index >= 15 is 0 Å². The number of nitrogens with two attached hydrogens (primary N) is 2. The Hall–Kier alpha value is -3.28. The third kappa shape index (κ3) is 4.48. The van der Waals surface area contributed by atoms with Gasteiger partial charge in [-0.15, -0.1) is 0 Å². The number of anilines is 2. The fourth-order valence-electron chi connectivity index (χ4n) is 3.25. The zero-order valence-corrected chi connectivity index (χ0v) is 18.5. The number of benzene rings is 2. The molecule has 6 nitrogen and oxygen atoms in total. The average Bonchev–Trinajstić information content (AvgIpc) is 2.69. The zero-order chi connectivity index (χ0) is 22.1. The maximum atomic E-state index is 6.14. The molecule has 0 aliphatic rings. The van der Waals surface area contributed by atoms with Crippen LogP contribution in [-0.2, 0) is 5.41 Å². The molecule has 4 N–H and O–H groups in total. The van der Waals surface area contributed by atoms with E-state index in [1.54, 1.807) is 7.11 Å². The van der Waals surface area contributed by atoms with E-state index in [2.05, 4.69) is 68.9 Å². The summed E-state index contributed by atoms with van der Waals surface area (Å²) >= 11 is 0. The Morgan fingerprint density at radius 1 is 0.933 bits per heavy atom. The second-order valence-electron chi connectivity index (χ2n) is 8.65. The van der Waals surface area contributed by atoms with Gasteiger partial charge in [0.2, 0.25) is 5.95 Å². The minimum absolute atomic E-state index is 0.0884. The summed E-state index contributed by atoms with van der Waals surface area (Å²) in [5, 5.41) is 0. The largest absolute Gasteiger partial charge is 0.496 e. The van der Waals surface area contributed by atoms with Crippen LogP contribution in [0.5, 0.6) is 17.2 Å². The second kappa shape index (κ2) is 8.22. The molecule has 0 amide bonds. The third-order valence-electron chi connectivity index (χ3n) is 5.04. The molecule has 0 saturated carbocycles. The fourth-order valence-corrected chi connectivity index (χ4v) is 3.25. The van der Waals surface area contributed by atoms with Crippen molar-refractivity contribution in [2.24, 2.45) is 0 Å². The van der Waals surface area contributed by atoms with E-state index in [0.717, 1.165) is 22.4 Å². The van der Waals surface area contributed by atoms with E-state index in [-0.39, 0.29) is 23.1 Å². The molecule has 0 aliphatic carbocycles. The van der Waals surface area contributed by atoms with Crippen molar-refractivity contribution in [1.82, 2.24) is 9.97 Å². The zero-order valence-electron chi connectivity index (χ0n) is 18.5. The molecular weight excluding hydrogens is 376 g/mol. The Labute approximate surface area is 178 Å². The molecule has 0 fully saturated rings. The Bertz CT molecular complexity index is 1040. The van der Waals surface area contributed by atoms with Gasteiger partial charge < -0.3 is 20.9 Å². The molecule has 2 aromatic carbocycles. The number of rotatable bonds is 5. The number of hydrogen-bond acceptors (Lipinski definition) is 6. The van der Waals surface area contributed by atoms with Crippen LogP contribution >= 0.6 is 0 Å². The maximum absolute atomic E-state index is 6.14. The number of nitrogen functional groups attached to an aromatic ring is 2. The molecule has 1 heterocycles. The van der Waals surface area contributed by atoms with Gasteiger partial charge in [0.15, 0.2) is 11.6 Å². The number of ether oxygens (including phenoxy) is 2. The lowest BCUT2D eigenvalue weighted by atomic mass is 9.86. The molecule has 1 aromatic heterocycles. The average molecular weight is 407 g/mol. The van der Waals surface area contributed by atoms with Crippen molar-refractivity contribution in [1.29, 1.82) is 0 Å². The van der Waals surface area contributed by atoms with Crippen molar-refractivity contribution in [2.45, 2.75) is 46.0 Å². The molecule has 0 bridgehead atoms. The molecule has 30 heavy (non-hydrogen) atoms. The Kier molecular flexibility index (Phi) is 5.87. The Morgan fingerprint density at radius 2 is 1.60 bits per heavy atom. The molecule has 3 aromatic rings. The molecule has 6 heteroatoms. The van der Waals surface area contributed by atoms with Crippen molar-refractivity contribution in [3.63, 3.8) is 0 Å². The van der Waals surface area contributed by atoms with E-state index in [9.17, 15) is 0 Å². The molecule has 0 radical (unpaired) electrons. The van der Waals surface area contributed by atoms with Gasteiger partial charge in [0.05, 0.1) is 13.3 Å². The first-order valence-electron chi connectivity index (χ1n) is 9.99. The summed E-state index contributed by atoms with van der Waals surface area (Å²) in [4.78, 5) is 7.98. The summed E-state index contributed by atoms with van der Waals surface area (Å²) in [7, 11) is 1.68. The van der Waals surface area contributed by atoms with Crippen molar-refractivity contribution >= 4 is 11.8 Å². The lowest BCUT2D eigenvalue weighted by Gasteiger charge is -2.21. The van der Waals surface area contributed by atoms with E-state index in [0.29, 0.717) is 11.5 Å². The lowest BCUT2D eigenvalue weighted by Crippen LogP contribution is -2.10. The van der Waals surface area contributed by atoms with Gasteiger partial charge in [-0.3, -0.25) is 0 Å². The topological polar surface area (TPSA) is 96.3 Å². The van der Waals surface area contributed by atoms with Crippen LogP contribution in [0.1, 0.15) is 51.7 Å². The minimum Gasteiger partial charge on any atom is -0.496 e. The Balaban J connectivity index is 2.10. The summed E-state index contributed by atoms with van der Waals surface area (Å²) in [5.41, 5.74) is 15.9. The van der Waals surface area contributed by atoms with E-state index in [4.69, 9.17) is 20.9 Å². The van der Waals surface area contributed by atoms with Gasteiger partial charge in [-0.1, -0.05) is 58.9 Å². The van der Waals surface area contributed by atoms with Crippen LogP contribution in [0.2, 0.25) is 0 Å². The quantitative estimate of drug-likeness (QED) is 0.578. The number of aromatic nitrogens is 2. The monoisotopic (exact) mass is 406 g/mol. The first kappa shape index (κ1) is 21.4. The van der Waals surface area contributed by atoms with Gasteiger partial charge >= 0.3 is 0 Å². The molecule has 0 spiro atoms. The van der Waals surface area contributed by atoms with E-state index in [1.807, 2.05) is 12.1 Å². The van der Waals surface area contributed by atoms with Crippen LogP contribution < -0.4 is 20.9 Å². The van der Waals surface area contributed by atoms with Crippen LogP contribution in [0.3, 0.4) is 0 Å². The SMILES string of the molecule is COc1cc(C(C)C)c(Oc2cnc(N)nc2N)cc1-c1ccc(C(C)(C)C)cc1. The maximum Gasteiger partial charge on any atom is 0.222 e. The highest BCUT2D eigenvalue weighted by molar-refractivity contribution is 5.74. The highest BCUT2D eigenvalue weighted by Crippen LogP contribution is 2.41. The number of nitrogens with zero attached hydrogens (tertiary/aromatic N) is 2. The third-order valence-corrected chi connectivity index (χ3v) is 5.04. The van der Waals surface area contributed by atoms with Crippen molar-refractivity contribution in [3.05, 3.63) is 53.7 Å². The lowest BCUT2D eigenvalue weighted by molar-refractivity contribution is 0.412. The predicted octanol–water partition coefficient (Wildman–Crippen LogP) is 5.53. The molecule has 0 aliphatic heterocycles. The second-order valence-corrected chi connectivity index (χ2v) is 8.65. The van der Waals surface area contributed by atoms with Crippen LogP contribution in [-0.4, -0.2) is 17.1 Å². The Morgan fingerprint density at radius 3 is 2.13 bits per heavy atom. The number of hydrogen-bond donors (Lipinski definition) is 2. The summed E-state index contributed by atoms with van der Waals surface area (Å²) < 4.78 is 11.8. The van der Waals surface area contributed by atoms with Crippen LogP contribution in [0.15, 0.2) is 42.6 Å². The van der Waals surface area contributed by atoms with Crippen molar-refractivity contribution in [3.8, 4) is 28.4 Å². The molecule has 3 rings (SSSR count). The van der Waals surface area contributed by atoms with Gasteiger partial charge in [0.1, 0.15) is 11.5 Å². The molecular formula is C24H30N4O2. The molecule has 0 saturated heterocycles. The molecule has 0 unspecified atom stereocenters. The van der Waals surface area contributed by atoms with E-state index < -0.39 is 0 Å². The highest BCUT2D eigenvalue weighted by Gasteiger charge is 2.19. The van der Waals surface area contributed by atoms with Gasteiger partial charge in [-0.05, 0) is 34.6 Å². The van der Waals surface area contributed by atoms with Gasteiger partial charge in [0, 0.05) is 11.1 Å². The highest BCUT2D eigenvalue weighted by atomic mass is 16.5. The van der Waals surface area contributed by atoms with Gasteiger partial charge in [0.25, 0.3) is 0 Å². The van der Waals surface area contributed by atoms with Gasteiger partial charge in [-0.25, -0.2) is 4.98 Å². The smallest absolute Gasteiger partial charge is 0.222 e. The van der Waals surface area contributed by atoms with Crippen molar-refractivity contribution < 1.29 is 9.47 Å². The van der Waals surface area contributed by atoms with Crippen LogP contribution in [0.25, 0.3) is 11.1 Å². The molecule has 158 valence electrons. The van der Waals surface area contributed by atoms with Crippen LogP contribution in [0, 0.1) is 0 Å². The molecule has 0 atom stereocenters. The number of methoxy groups -OCH3 is 1. The first-order chi connectivity index (χ1) is 14.1. The predicted molar refractivity (Wildman–Crippen MR) is 122 cm³/mol. The van der Waals surface area contributed by atoms with Gasteiger partial charge in [-0.2, -0.15) is 4.98 Å². The summed E-state index contributed by atoms with van der Waals surface area (Å²) in [5.74, 6) is 2.35. The minimum atomic E-state index is 0.0884. The fraction of sp³-hybridized carbons (Fsp3) is 0.333. The first-order valence-corrected chi connectivity index (χ1v) is 9.99. The van der Waals surface area contributed by atoms with Crippen LogP contribution in [0.4, 0.5) is 11.8 Å². The normalized spacial score (nSPS) is 11.6. The standard InChI is InChI=1S/C24H30N4O2/c1-14(2)17-11-19(29-6)18(15-7-9-16(10-8-15)24(3,4)5)12-20(17)30-21-13-27-23(26)28-22(21)25/h7-14H,1-6H3,(H4,25,26,27,28). The van der Waals surface area contributed by atoms with E-state index in [1.165, 1.54) is 11.8 Å². The summed E-state index contributed by atoms with van der Waals surface area (Å²) in [6.45, 7) is 10.8. The summed E-state index contributed by atoms with van der Waals surface area (Å²) in [6.07, 6.45) is 1.49. The summed E-state index contributed by atoms with van der Waals surface area (Å²) in [6, 6.07) is 12.5. The van der Waals surface area contributed by atoms with Crippen molar-refractivity contribution in [2.75, 3.05) is 18.6 Å².